The molecule has 0 heterocycles. The molecule has 0 saturated heterocycles. The third kappa shape index (κ3) is 2.75. The van der Waals surface area contributed by atoms with Crippen LogP contribution in [-0.2, 0) is 0 Å². The summed E-state index contributed by atoms with van der Waals surface area (Å²) < 4.78 is 0. The lowest BCUT2D eigenvalue weighted by atomic mass is 9.40. The highest BCUT2D eigenvalue weighted by Gasteiger charge is 2.68. The van der Waals surface area contributed by atoms with Crippen LogP contribution in [0, 0.1) is 51.8 Å². The van der Waals surface area contributed by atoms with Gasteiger partial charge in [0, 0.05) is 0 Å². The average molecular weight is 423 g/mol. The van der Waals surface area contributed by atoms with Gasteiger partial charge in [-0.1, -0.05) is 61.8 Å². The van der Waals surface area contributed by atoms with Crippen LogP contribution in [0.15, 0.2) is 0 Å². The molecule has 0 spiro atoms. The molecule has 0 aromatic heterocycles. The Morgan fingerprint density at radius 2 is 1.32 bits per heavy atom. The van der Waals surface area contributed by atoms with Gasteiger partial charge in [-0.3, -0.25) is 0 Å². The van der Waals surface area contributed by atoms with E-state index in [0.29, 0.717) is 10.6 Å². The quantitative estimate of drug-likeness (QED) is 0.398. The maximum atomic E-state index is 3.52. The van der Waals surface area contributed by atoms with E-state index in [4.69, 9.17) is 0 Å². The second-order valence-corrected chi connectivity index (χ2v) is 16.1. The van der Waals surface area contributed by atoms with Crippen molar-refractivity contribution in [2.24, 2.45) is 51.8 Å². The van der Waals surface area contributed by atoms with Crippen molar-refractivity contribution in [1.29, 1.82) is 0 Å². The topological polar surface area (TPSA) is 0 Å². The Kier molecular flexibility index (Phi) is 5.08. The molecule has 2 heteroatoms. The fourth-order valence-electron chi connectivity index (χ4n) is 9.78. The number of hydrogen-bond donors (Lipinski definition) is 0. The van der Waals surface area contributed by atoms with Crippen molar-refractivity contribution < 1.29 is 0 Å². The molecule has 0 amide bonds. The minimum atomic E-state index is 0.263. The zero-order valence-corrected chi connectivity index (χ0v) is 22.4. The van der Waals surface area contributed by atoms with Gasteiger partial charge in [0.25, 0.3) is 0 Å². The van der Waals surface area contributed by atoms with Crippen LogP contribution >= 0.6 is 18.5 Å². The lowest BCUT2D eigenvalue weighted by Gasteiger charge is -2.70. The van der Waals surface area contributed by atoms with E-state index in [1.54, 1.807) is 6.42 Å². The average Bonchev–Trinajstić information content (AvgIpc) is 2.90. The lowest BCUT2D eigenvalue weighted by molar-refractivity contribution is -0.132. The van der Waals surface area contributed by atoms with Crippen molar-refractivity contribution in [3.05, 3.63) is 0 Å². The third-order valence-corrected chi connectivity index (χ3v) is 14.1. The SMILES string of the molecule is CC1CCC(C2(C)C3CC4CC(C3)CC2(P)C4)C1C(P)(C(C)(C)C)C(C)(C)C. The maximum absolute atomic E-state index is 3.52. The van der Waals surface area contributed by atoms with E-state index < -0.39 is 0 Å². The van der Waals surface area contributed by atoms with Crippen LogP contribution in [0.25, 0.3) is 0 Å². The predicted octanol–water partition coefficient (Wildman–Crippen LogP) is 7.81. The van der Waals surface area contributed by atoms with Gasteiger partial charge in [-0.25, -0.2) is 0 Å². The van der Waals surface area contributed by atoms with Gasteiger partial charge < -0.3 is 0 Å². The molecule has 8 atom stereocenters. The Hall–Kier alpha value is 0.860. The van der Waals surface area contributed by atoms with Crippen LogP contribution < -0.4 is 0 Å². The van der Waals surface area contributed by atoms with Crippen LogP contribution in [0.3, 0.4) is 0 Å². The highest BCUT2D eigenvalue weighted by atomic mass is 31.0. The third-order valence-electron chi connectivity index (χ3n) is 10.9. The zero-order valence-electron chi connectivity index (χ0n) is 20.1. The molecule has 5 aliphatic carbocycles. The summed E-state index contributed by atoms with van der Waals surface area (Å²) >= 11 is 0. The van der Waals surface area contributed by atoms with E-state index >= 15 is 0 Å². The molecule has 0 nitrogen and oxygen atoms in total. The first-order valence-corrected chi connectivity index (χ1v) is 13.4. The van der Waals surface area contributed by atoms with Crippen molar-refractivity contribution in [2.75, 3.05) is 0 Å². The maximum Gasteiger partial charge on any atom is -0.00202 e. The summed E-state index contributed by atoms with van der Waals surface area (Å²) in [6, 6.07) is 0. The first kappa shape index (κ1) is 22.1. The predicted molar refractivity (Wildman–Crippen MR) is 131 cm³/mol. The molecule has 4 bridgehead atoms. The second kappa shape index (κ2) is 6.44. The smallest absolute Gasteiger partial charge is 0.00202 e. The first-order valence-electron chi connectivity index (χ1n) is 12.2. The molecule has 5 fully saturated rings. The Morgan fingerprint density at radius 1 is 0.821 bits per heavy atom. The first-order chi connectivity index (χ1) is 12.6. The summed E-state index contributed by atoms with van der Waals surface area (Å²) in [5.41, 5.74) is 1.08. The lowest BCUT2D eigenvalue weighted by Crippen LogP contribution is -2.66. The highest BCUT2D eigenvalue weighted by Crippen LogP contribution is 2.74. The fraction of sp³-hybridized carbons (Fsp3) is 1.00. The summed E-state index contributed by atoms with van der Waals surface area (Å²) in [6.07, 6.45) is 10.5. The van der Waals surface area contributed by atoms with Crippen molar-refractivity contribution in [1.82, 2.24) is 0 Å². The molecular weight excluding hydrogens is 374 g/mol. The molecule has 5 rings (SSSR count). The van der Waals surface area contributed by atoms with E-state index in [9.17, 15) is 0 Å². The molecule has 0 N–H and O–H groups in total. The summed E-state index contributed by atoms with van der Waals surface area (Å²) in [7, 11) is 7.02. The Bertz CT molecular complexity index is 595. The van der Waals surface area contributed by atoms with E-state index in [1.807, 2.05) is 0 Å². The number of rotatable bonds is 2. The van der Waals surface area contributed by atoms with Crippen LogP contribution in [0.5, 0.6) is 0 Å². The molecule has 162 valence electrons. The summed E-state index contributed by atoms with van der Waals surface area (Å²) in [4.78, 5) is 0. The Morgan fingerprint density at radius 3 is 1.75 bits per heavy atom. The fourth-order valence-corrected chi connectivity index (χ4v) is 11.5. The van der Waals surface area contributed by atoms with E-state index in [2.05, 4.69) is 73.9 Å². The van der Waals surface area contributed by atoms with Gasteiger partial charge in [-0.05, 0) is 101 Å². The highest BCUT2D eigenvalue weighted by molar-refractivity contribution is 7.19. The van der Waals surface area contributed by atoms with Crippen LogP contribution in [0.1, 0.15) is 100 Å². The molecule has 28 heavy (non-hydrogen) atoms. The summed E-state index contributed by atoms with van der Waals surface area (Å²) in [5.74, 6) is 5.56. The normalized spacial score (nSPS) is 49.1. The van der Waals surface area contributed by atoms with Crippen molar-refractivity contribution in [3.8, 4) is 0 Å². The van der Waals surface area contributed by atoms with E-state index in [0.717, 1.165) is 35.5 Å². The molecule has 0 aromatic rings. The van der Waals surface area contributed by atoms with E-state index in [-0.39, 0.29) is 16.0 Å². The van der Waals surface area contributed by atoms with Gasteiger partial charge in [0.2, 0.25) is 0 Å². The van der Waals surface area contributed by atoms with Crippen molar-refractivity contribution in [3.63, 3.8) is 0 Å². The van der Waals surface area contributed by atoms with Gasteiger partial charge in [0.15, 0.2) is 0 Å². The molecule has 0 aromatic carbocycles. The molecule has 0 radical (unpaired) electrons. The molecule has 5 saturated carbocycles. The summed E-state index contributed by atoms with van der Waals surface area (Å²) in [6.45, 7) is 20.5. The Labute approximate surface area is 180 Å². The van der Waals surface area contributed by atoms with Gasteiger partial charge >= 0.3 is 0 Å². The minimum absolute atomic E-state index is 0.263. The van der Waals surface area contributed by atoms with Crippen molar-refractivity contribution >= 4 is 18.5 Å². The Balaban J connectivity index is 1.81. The minimum Gasteiger partial charge on any atom is -0.130 e. The molecule has 5 aliphatic rings. The standard InChI is InChI=1S/C26H48P2/c1-16-9-10-20(21(16)26(28,22(2,3)4)23(5,6)7)24(8)19-12-17-11-18(13-19)15-25(24,27)14-17/h16-21H,9-15,27-28H2,1-8H3. The van der Waals surface area contributed by atoms with E-state index in [1.165, 1.54) is 38.5 Å². The second-order valence-electron chi connectivity index (χ2n) is 14.0. The van der Waals surface area contributed by atoms with Gasteiger partial charge in [0.1, 0.15) is 0 Å². The monoisotopic (exact) mass is 422 g/mol. The van der Waals surface area contributed by atoms with Gasteiger partial charge in [-0.2, -0.15) is 0 Å². The molecular formula is C26H48P2. The summed E-state index contributed by atoms with van der Waals surface area (Å²) in [5, 5.41) is 0.773. The van der Waals surface area contributed by atoms with Gasteiger partial charge in [0.05, 0.1) is 0 Å². The van der Waals surface area contributed by atoms with Gasteiger partial charge in [-0.15, -0.1) is 18.5 Å². The molecule has 0 aliphatic heterocycles. The molecule has 8 unspecified atom stereocenters. The van der Waals surface area contributed by atoms with Crippen LogP contribution in [-0.4, -0.2) is 10.3 Å². The largest absolute Gasteiger partial charge is 0.130 e. The van der Waals surface area contributed by atoms with Crippen molar-refractivity contribution in [2.45, 2.75) is 111 Å². The zero-order chi connectivity index (χ0) is 20.9. The number of hydrogen-bond acceptors (Lipinski definition) is 0. The van der Waals surface area contributed by atoms with Crippen LogP contribution in [0.4, 0.5) is 0 Å². The van der Waals surface area contributed by atoms with Crippen LogP contribution in [0.2, 0.25) is 0 Å².